The highest BCUT2D eigenvalue weighted by molar-refractivity contribution is 7.98. The van der Waals surface area contributed by atoms with Gasteiger partial charge in [-0.15, -0.1) is 11.8 Å². The van der Waals surface area contributed by atoms with E-state index >= 15 is 0 Å². The number of aryl methyl sites for hydroxylation is 1. The summed E-state index contributed by atoms with van der Waals surface area (Å²) in [4.78, 5) is 1.26. The van der Waals surface area contributed by atoms with Gasteiger partial charge in [-0.25, -0.2) is 8.42 Å². The Morgan fingerprint density at radius 2 is 1.90 bits per heavy atom. The van der Waals surface area contributed by atoms with Crippen molar-refractivity contribution in [2.24, 2.45) is 0 Å². The molecule has 0 atom stereocenters. The van der Waals surface area contributed by atoms with Gasteiger partial charge in [0.15, 0.2) is 9.84 Å². The van der Waals surface area contributed by atoms with Crippen molar-refractivity contribution >= 4 is 33.2 Å². The van der Waals surface area contributed by atoms with Crippen molar-refractivity contribution in [1.82, 2.24) is 0 Å². The zero-order valence-electron chi connectivity index (χ0n) is 11.3. The maximum Gasteiger partial charge on any atom is 0.182 e. The van der Waals surface area contributed by atoms with Crippen LogP contribution in [0.4, 0.5) is 0 Å². The largest absolute Gasteiger partial charge is 0.223 e. The zero-order valence-corrected chi connectivity index (χ0v) is 13.6. The number of hydrogen-bond acceptors (Lipinski definition) is 3. The Hall–Kier alpha value is -0.970. The number of benzene rings is 2. The van der Waals surface area contributed by atoms with E-state index in [1.165, 1.54) is 11.8 Å². The van der Waals surface area contributed by atoms with Gasteiger partial charge in [-0.3, -0.25) is 0 Å². The molecule has 0 amide bonds. The van der Waals surface area contributed by atoms with Gasteiger partial charge in [-0.05, 0) is 48.6 Å². The van der Waals surface area contributed by atoms with Crippen LogP contribution in [-0.4, -0.2) is 14.7 Å². The molecule has 0 N–H and O–H groups in total. The molecule has 0 aliphatic rings. The maximum absolute atomic E-state index is 12.5. The lowest BCUT2D eigenvalue weighted by molar-refractivity contribution is 0.595. The summed E-state index contributed by atoms with van der Waals surface area (Å²) in [5, 5.41) is 0.617. The quantitative estimate of drug-likeness (QED) is 0.784. The molecule has 2 aromatic rings. The van der Waals surface area contributed by atoms with Gasteiger partial charge in [0, 0.05) is 9.92 Å². The third kappa shape index (κ3) is 3.57. The lowest BCUT2D eigenvalue weighted by Gasteiger charge is -2.09. The third-order valence-electron chi connectivity index (χ3n) is 2.94. The van der Waals surface area contributed by atoms with Crippen LogP contribution in [0.5, 0.6) is 0 Å². The Morgan fingerprint density at radius 1 is 1.15 bits per heavy atom. The van der Waals surface area contributed by atoms with Crippen LogP contribution < -0.4 is 0 Å². The van der Waals surface area contributed by atoms with E-state index in [1.54, 1.807) is 36.4 Å². The summed E-state index contributed by atoms with van der Waals surface area (Å²) in [6.07, 6.45) is 1.91. The van der Waals surface area contributed by atoms with Crippen LogP contribution in [0.2, 0.25) is 5.02 Å². The fourth-order valence-electron chi connectivity index (χ4n) is 1.93. The second-order valence-corrected chi connectivity index (χ2v) is 7.81. The lowest BCUT2D eigenvalue weighted by atomic mass is 10.2. The van der Waals surface area contributed by atoms with Gasteiger partial charge in [-0.1, -0.05) is 29.8 Å². The Balaban J connectivity index is 2.38. The summed E-state index contributed by atoms with van der Waals surface area (Å²) in [6, 6.07) is 12.3. The van der Waals surface area contributed by atoms with Gasteiger partial charge >= 0.3 is 0 Å². The van der Waals surface area contributed by atoms with Crippen molar-refractivity contribution in [1.29, 1.82) is 0 Å². The summed E-state index contributed by atoms with van der Waals surface area (Å²) >= 11 is 7.44. The molecule has 106 valence electrons. The van der Waals surface area contributed by atoms with Gasteiger partial charge < -0.3 is 0 Å². The molecule has 0 aliphatic heterocycles. The van der Waals surface area contributed by atoms with E-state index in [4.69, 9.17) is 11.6 Å². The highest BCUT2D eigenvalue weighted by Crippen LogP contribution is 2.27. The Kier molecular flexibility index (Phi) is 4.78. The fourth-order valence-corrected chi connectivity index (χ4v) is 4.39. The van der Waals surface area contributed by atoms with Crippen LogP contribution in [0.25, 0.3) is 0 Å². The van der Waals surface area contributed by atoms with Crippen molar-refractivity contribution in [2.75, 3.05) is 6.26 Å². The lowest BCUT2D eigenvalue weighted by Crippen LogP contribution is -2.06. The molecule has 0 saturated carbocycles. The molecule has 0 aromatic heterocycles. The molecular formula is C15H15ClO2S2. The highest BCUT2D eigenvalue weighted by Gasteiger charge is 2.17. The van der Waals surface area contributed by atoms with Crippen molar-refractivity contribution in [2.45, 2.75) is 22.5 Å². The Morgan fingerprint density at radius 3 is 2.55 bits per heavy atom. The van der Waals surface area contributed by atoms with Gasteiger partial charge in [-0.2, -0.15) is 0 Å². The SMILES string of the molecule is CSc1cc(Cl)ccc1CS(=O)(=O)c1cccc(C)c1. The molecule has 2 aromatic carbocycles. The molecule has 5 heteroatoms. The van der Waals surface area contributed by atoms with Crippen LogP contribution in [-0.2, 0) is 15.6 Å². The minimum atomic E-state index is -3.34. The Labute approximate surface area is 129 Å². The van der Waals surface area contributed by atoms with E-state index in [0.717, 1.165) is 16.0 Å². The van der Waals surface area contributed by atoms with E-state index in [-0.39, 0.29) is 5.75 Å². The second kappa shape index (κ2) is 6.20. The maximum atomic E-state index is 12.5. The number of hydrogen-bond donors (Lipinski definition) is 0. The molecule has 0 spiro atoms. The topological polar surface area (TPSA) is 34.1 Å². The Bertz CT molecular complexity index is 724. The molecule has 0 heterocycles. The summed E-state index contributed by atoms with van der Waals surface area (Å²) in [7, 11) is -3.34. The molecule has 2 nitrogen and oxygen atoms in total. The number of halogens is 1. The predicted octanol–water partition coefficient (Wildman–Crippen LogP) is 4.34. The summed E-state index contributed by atoms with van der Waals surface area (Å²) < 4.78 is 24.9. The molecule has 0 radical (unpaired) electrons. The van der Waals surface area contributed by atoms with Gasteiger partial charge in [0.05, 0.1) is 10.6 Å². The van der Waals surface area contributed by atoms with Crippen molar-refractivity contribution < 1.29 is 8.42 Å². The fraction of sp³-hybridized carbons (Fsp3) is 0.200. The van der Waals surface area contributed by atoms with Crippen molar-refractivity contribution in [3.8, 4) is 0 Å². The smallest absolute Gasteiger partial charge is 0.182 e. The molecule has 0 unspecified atom stereocenters. The van der Waals surface area contributed by atoms with Gasteiger partial charge in [0.2, 0.25) is 0 Å². The number of rotatable bonds is 4. The van der Waals surface area contributed by atoms with Crippen molar-refractivity contribution in [3.63, 3.8) is 0 Å². The van der Waals surface area contributed by atoms with E-state index < -0.39 is 9.84 Å². The monoisotopic (exact) mass is 326 g/mol. The predicted molar refractivity (Wildman–Crippen MR) is 85.3 cm³/mol. The first-order valence-electron chi connectivity index (χ1n) is 6.04. The van der Waals surface area contributed by atoms with E-state index in [0.29, 0.717) is 9.92 Å². The van der Waals surface area contributed by atoms with E-state index in [9.17, 15) is 8.42 Å². The van der Waals surface area contributed by atoms with Crippen molar-refractivity contribution in [3.05, 3.63) is 58.6 Å². The molecule has 2 rings (SSSR count). The van der Waals surface area contributed by atoms with E-state index in [1.807, 2.05) is 19.2 Å². The van der Waals surface area contributed by atoms with Crippen LogP contribution in [0.1, 0.15) is 11.1 Å². The second-order valence-electron chi connectivity index (χ2n) is 4.53. The molecule has 0 fully saturated rings. The first-order valence-corrected chi connectivity index (χ1v) is 9.30. The zero-order chi connectivity index (χ0) is 14.8. The normalized spacial score (nSPS) is 11.6. The average molecular weight is 327 g/mol. The summed E-state index contributed by atoms with van der Waals surface area (Å²) in [5.41, 5.74) is 1.72. The number of thioether (sulfide) groups is 1. The minimum Gasteiger partial charge on any atom is -0.223 e. The summed E-state index contributed by atoms with van der Waals surface area (Å²) in [5.74, 6) is -0.0101. The summed E-state index contributed by atoms with van der Waals surface area (Å²) in [6.45, 7) is 1.88. The molecule has 0 bridgehead atoms. The highest BCUT2D eigenvalue weighted by atomic mass is 35.5. The van der Waals surface area contributed by atoms with Crippen LogP contribution >= 0.6 is 23.4 Å². The molecule has 20 heavy (non-hydrogen) atoms. The first-order chi connectivity index (χ1) is 9.42. The average Bonchev–Trinajstić information content (AvgIpc) is 2.40. The molecule has 0 saturated heterocycles. The third-order valence-corrected chi connectivity index (χ3v) is 5.66. The van der Waals surface area contributed by atoms with Crippen LogP contribution in [0.3, 0.4) is 0 Å². The van der Waals surface area contributed by atoms with Crippen LogP contribution in [0.15, 0.2) is 52.3 Å². The van der Waals surface area contributed by atoms with Gasteiger partial charge in [0.25, 0.3) is 0 Å². The molecule has 0 aliphatic carbocycles. The number of sulfone groups is 1. The van der Waals surface area contributed by atoms with Gasteiger partial charge in [0.1, 0.15) is 0 Å². The standard InChI is InChI=1S/C15H15ClO2S2/c1-11-4-3-5-14(8-11)20(17,18)10-12-6-7-13(16)9-15(12)19-2/h3-9H,10H2,1-2H3. The minimum absolute atomic E-state index is 0.0101. The van der Waals surface area contributed by atoms with E-state index in [2.05, 4.69) is 0 Å². The molecular weight excluding hydrogens is 312 g/mol. The first kappa shape index (κ1) is 15.4. The van der Waals surface area contributed by atoms with Crippen LogP contribution in [0, 0.1) is 6.92 Å².